The van der Waals surface area contributed by atoms with Gasteiger partial charge in [-0.05, 0) is 41.8 Å². The Labute approximate surface area is 157 Å². The highest BCUT2D eigenvalue weighted by molar-refractivity contribution is 7.13. The minimum Gasteiger partial charge on any atom is -0.273 e. The van der Waals surface area contributed by atoms with Crippen LogP contribution in [0.2, 0.25) is 0 Å². The van der Waals surface area contributed by atoms with Crippen molar-refractivity contribution < 1.29 is 14.0 Å². The molecule has 5 nitrogen and oxygen atoms in total. The highest BCUT2D eigenvalue weighted by Crippen LogP contribution is 2.24. The van der Waals surface area contributed by atoms with Crippen LogP contribution in [0, 0.1) is 5.82 Å². The van der Waals surface area contributed by atoms with Crippen molar-refractivity contribution in [2.75, 3.05) is 0 Å². The van der Waals surface area contributed by atoms with E-state index >= 15 is 0 Å². The molecule has 0 unspecified atom stereocenters. The summed E-state index contributed by atoms with van der Waals surface area (Å²) in [7, 11) is 0. The average Bonchev–Trinajstić information content (AvgIpc) is 3.31. The first-order chi connectivity index (χ1) is 12.6. The fraction of sp³-hybridized carbons (Fsp3) is 0.0556. The second-order valence-electron chi connectivity index (χ2n) is 5.21. The third-order valence-electron chi connectivity index (χ3n) is 3.25. The standard InChI is InChI=1S/C18H14FN3O2S2/c19-13-5-3-12(4-6-13)18-20-14(11-26-18)10-17(24)22-21-16(23)8-7-15-2-1-9-25-15/h1-9,11H,10H2,(H,21,23)(H,22,24)/b8-7+. The number of hydrogen-bond acceptors (Lipinski definition) is 5. The first-order valence-electron chi connectivity index (χ1n) is 7.61. The van der Waals surface area contributed by atoms with E-state index in [1.54, 1.807) is 23.6 Å². The highest BCUT2D eigenvalue weighted by Gasteiger charge is 2.09. The van der Waals surface area contributed by atoms with E-state index in [9.17, 15) is 14.0 Å². The molecule has 0 radical (unpaired) electrons. The molecule has 26 heavy (non-hydrogen) atoms. The number of rotatable bonds is 5. The van der Waals surface area contributed by atoms with E-state index < -0.39 is 5.91 Å². The maximum atomic E-state index is 13.0. The fourth-order valence-electron chi connectivity index (χ4n) is 2.04. The van der Waals surface area contributed by atoms with Crippen LogP contribution >= 0.6 is 22.7 Å². The molecule has 0 bridgehead atoms. The normalized spacial score (nSPS) is 10.8. The van der Waals surface area contributed by atoms with Crippen LogP contribution in [0.5, 0.6) is 0 Å². The second-order valence-corrected chi connectivity index (χ2v) is 7.05. The summed E-state index contributed by atoms with van der Waals surface area (Å²) in [5, 5.41) is 4.38. The van der Waals surface area contributed by atoms with Crippen molar-refractivity contribution in [3.8, 4) is 10.6 Å². The number of nitrogens with zero attached hydrogens (tertiary/aromatic N) is 1. The van der Waals surface area contributed by atoms with Crippen LogP contribution in [-0.2, 0) is 16.0 Å². The molecule has 0 fully saturated rings. The number of halogens is 1. The number of thiazole rings is 1. The van der Waals surface area contributed by atoms with Gasteiger partial charge in [0.05, 0.1) is 12.1 Å². The fourth-order valence-corrected chi connectivity index (χ4v) is 3.48. The third-order valence-corrected chi connectivity index (χ3v) is 5.03. The number of benzene rings is 1. The molecule has 1 aromatic carbocycles. The molecule has 8 heteroatoms. The Morgan fingerprint density at radius 1 is 1.12 bits per heavy atom. The summed E-state index contributed by atoms with van der Waals surface area (Å²) < 4.78 is 13.0. The van der Waals surface area contributed by atoms with Crippen LogP contribution in [0.3, 0.4) is 0 Å². The minimum atomic E-state index is -0.419. The van der Waals surface area contributed by atoms with Gasteiger partial charge < -0.3 is 0 Å². The van der Waals surface area contributed by atoms with Gasteiger partial charge in [-0.15, -0.1) is 22.7 Å². The quantitative estimate of drug-likeness (QED) is 0.521. The molecule has 3 aromatic rings. The van der Waals surface area contributed by atoms with Crippen LogP contribution in [0.4, 0.5) is 4.39 Å². The van der Waals surface area contributed by atoms with E-state index in [1.165, 1.54) is 40.9 Å². The zero-order chi connectivity index (χ0) is 18.4. The van der Waals surface area contributed by atoms with E-state index in [1.807, 2.05) is 17.5 Å². The molecular formula is C18H14FN3O2S2. The van der Waals surface area contributed by atoms with E-state index in [4.69, 9.17) is 0 Å². The Morgan fingerprint density at radius 2 is 1.92 bits per heavy atom. The van der Waals surface area contributed by atoms with Gasteiger partial charge >= 0.3 is 0 Å². The van der Waals surface area contributed by atoms with Gasteiger partial charge in [0.1, 0.15) is 10.8 Å². The Hall–Kier alpha value is -2.84. The zero-order valence-corrected chi connectivity index (χ0v) is 15.1. The van der Waals surface area contributed by atoms with Crippen LogP contribution < -0.4 is 10.9 Å². The number of hydrogen-bond donors (Lipinski definition) is 2. The summed E-state index contributed by atoms with van der Waals surface area (Å²) in [5.74, 6) is -1.11. The lowest BCUT2D eigenvalue weighted by molar-refractivity contribution is -0.126. The third kappa shape index (κ3) is 5.08. The molecule has 0 aliphatic rings. The van der Waals surface area contributed by atoms with Crippen LogP contribution in [0.25, 0.3) is 16.6 Å². The van der Waals surface area contributed by atoms with E-state index in [-0.39, 0.29) is 18.1 Å². The number of nitrogens with one attached hydrogen (secondary N) is 2. The molecule has 0 saturated carbocycles. The highest BCUT2D eigenvalue weighted by atomic mass is 32.1. The van der Waals surface area contributed by atoms with E-state index in [0.717, 1.165) is 10.4 Å². The Bertz CT molecular complexity index is 918. The Balaban J connectivity index is 1.49. The molecule has 3 rings (SSSR count). The maximum absolute atomic E-state index is 13.0. The molecule has 0 aliphatic heterocycles. The molecule has 2 N–H and O–H groups in total. The first kappa shape index (κ1) is 18.0. The minimum absolute atomic E-state index is 0.0343. The van der Waals surface area contributed by atoms with Gasteiger partial charge in [-0.25, -0.2) is 9.37 Å². The van der Waals surface area contributed by atoms with Crippen molar-refractivity contribution in [3.05, 3.63) is 69.6 Å². The number of aromatic nitrogens is 1. The smallest absolute Gasteiger partial charge is 0.262 e. The second kappa shape index (κ2) is 8.50. The topological polar surface area (TPSA) is 71.1 Å². The maximum Gasteiger partial charge on any atom is 0.262 e. The van der Waals surface area contributed by atoms with Crippen molar-refractivity contribution in [1.29, 1.82) is 0 Å². The van der Waals surface area contributed by atoms with Crippen molar-refractivity contribution >= 4 is 40.6 Å². The van der Waals surface area contributed by atoms with Crippen molar-refractivity contribution in [2.24, 2.45) is 0 Å². The summed E-state index contributed by atoms with van der Waals surface area (Å²) in [5.41, 5.74) is 6.04. The van der Waals surface area contributed by atoms with Crippen molar-refractivity contribution in [1.82, 2.24) is 15.8 Å². The first-order valence-corrected chi connectivity index (χ1v) is 9.37. The van der Waals surface area contributed by atoms with Gasteiger partial charge in [-0.2, -0.15) is 0 Å². The summed E-state index contributed by atoms with van der Waals surface area (Å²) in [6.45, 7) is 0. The molecule has 2 aromatic heterocycles. The van der Waals surface area contributed by atoms with Gasteiger partial charge in [-0.1, -0.05) is 6.07 Å². The lowest BCUT2D eigenvalue weighted by Crippen LogP contribution is -2.41. The number of carbonyl (C=O) groups is 2. The lowest BCUT2D eigenvalue weighted by Gasteiger charge is -2.03. The van der Waals surface area contributed by atoms with Crippen LogP contribution in [-0.4, -0.2) is 16.8 Å². The van der Waals surface area contributed by atoms with Crippen molar-refractivity contribution in [3.63, 3.8) is 0 Å². The Morgan fingerprint density at radius 3 is 2.65 bits per heavy atom. The monoisotopic (exact) mass is 387 g/mol. The van der Waals surface area contributed by atoms with Gasteiger partial charge in [0.15, 0.2) is 0 Å². The average molecular weight is 387 g/mol. The number of hydrazine groups is 1. The van der Waals surface area contributed by atoms with Crippen molar-refractivity contribution in [2.45, 2.75) is 6.42 Å². The van der Waals surface area contributed by atoms with Crippen LogP contribution in [0.1, 0.15) is 10.6 Å². The van der Waals surface area contributed by atoms with E-state index in [0.29, 0.717) is 10.7 Å². The summed E-state index contributed by atoms with van der Waals surface area (Å²) in [6, 6.07) is 9.77. The largest absolute Gasteiger partial charge is 0.273 e. The molecule has 0 aliphatic carbocycles. The molecule has 132 valence electrons. The predicted octanol–water partition coefficient (Wildman–Crippen LogP) is 3.41. The van der Waals surface area contributed by atoms with E-state index in [2.05, 4.69) is 15.8 Å². The molecular weight excluding hydrogens is 373 g/mol. The number of thiophene rings is 1. The summed E-state index contributed by atoms with van der Waals surface area (Å²) >= 11 is 2.88. The predicted molar refractivity (Wildman–Crippen MR) is 101 cm³/mol. The molecule has 2 amide bonds. The lowest BCUT2D eigenvalue weighted by atomic mass is 10.2. The van der Waals surface area contributed by atoms with Crippen LogP contribution in [0.15, 0.2) is 53.2 Å². The SMILES string of the molecule is O=C(/C=C/c1cccs1)NNC(=O)Cc1csc(-c2ccc(F)cc2)n1. The Kier molecular flexibility index (Phi) is 5.88. The summed E-state index contributed by atoms with van der Waals surface area (Å²) in [6.07, 6.45) is 3.05. The molecule has 2 heterocycles. The van der Waals surface area contributed by atoms with Gasteiger partial charge in [0.2, 0.25) is 5.91 Å². The van der Waals surface area contributed by atoms with Gasteiger partial charge in [0, 0.05) is 21.9 Å². The molecule has 0 atom stereocenters. The van der Waals surface area contributed by atoms with Gasteiger partial charge in [-0.3, -0.25) is 20.4 Å². The molecule has 0 spiro atoms. The summed E-state index contributed by atoms with van der Waals surface area (Å²) in [4.78, 5) is 28.9. The number of amides is 2. The van der Waals surface area contributed by atoms with Gasteiger partial charge in [0.25, 0.3) is 5.91 Å². The number of carbonyl (C=O) groups excluding carboxylic acids is 2. The molecule has 0 saturated heterocycles. The zero-order valence-electron chi connectivity index (χ0n) is 13.4.